The molecule has 2 saturated heterocycles. The Kier molecular flexibility index (Phi) is 5.00. The topological polar surface area (TPSA) is 106 Å². The molecule has 0 N–H and O–H groups in total. The number of rotatable bonds is 5. The van der Waals surface area contributed by atoms with Crippen molar-refractivity contribution in [3.05, 3.63) is 35.9 Å². The summed E-state index contributed by atoms with van der Waals surface area (Å²) in [6, 6.07) is 8.29. The summed E-state index contributed by atoms with van der Waals surface area (Å²) in [5.74, 6) is -0.779. The summed E-state index contributed by atoms with van der Waals surface area (Å²) in [6.07, 6.45) is 0.309. The smallest absolute Gasteiger partial charge is 0.218 e. The van der Waals surface area contributed by atoms with Gasteiger partial charge in [0.1, 0.15) is 0 Å². The highest BCUT2D eigenvalue weighted by atomic mass is 32.2. The maximum atomic E-state index is 13.1. The van der Waals surface area contributed by atoms with Crippen molar-refractivity contribution in [2.45, 2.75) is 30.7 Å². The van der Waals surface area contributed by atoms with Gasteiger partial charge in [0.15, 0.2) is 19.7 Å². The Labute approximate surface area is 148 Å². The van der Waals surface area contributed by atoms with E-state index < -0.39 is 41.0 Å². The third kappa shape index (κ3) is 4.24. The molecule has 0 radical (unpaired) electrons. The highest BCUT2D eigenvalue weighted by Gasteiger charge is 2.45. The fraction of sp³-hybridized carbons (Fsp3) is 0.600. The first-order chi connectivity index (χ1) is 11.6. The number of nitrogens with zero attached hydrogens (tertiary/aromatic N) is 1. The number of sulfonamides is 1. The molecule has 0 aromatic heterocycles. The van der Waals surface area contributed by atoms with Crippen molar-refractivity contribution in [3.63, 3.8) is 0 Å². The van der Waals surface area contributed by atoms with Gasteiger partial charge in [0.05, 0.1) is 28.3 Å². The van der Waals surface area contributed by atoms with Crippen LogP contribution < -0.4 is 0 Å². The van der Waals surface area contributed by atoms with Gasteiger partial charge < -0.3 is 0 Å². The highest BCUT2D eigenvalue weighted by molar-refractivity contribution is 7.95. The van der Waals surface area contributed by atoms with Crippen molar-refractivity contribution in [2.75, 3.05) is 23.0 Å². The molecule has 1 aromatic carbocycles. The lowest BCUT2D eigenvalue weighted by Gasteiger charge is -2.30. The van der Waals surface area contributed by atoms with Gasteiger partial charge in [-0.1, -0.05) is 30.3 Å². The number of benzene rings is 1. The largest absolute Gasteiger partial charge is 0.229 e. The lowest BCUT2D eigenvalue weighted by atomic mass is 10.2. The molecule has 2 heterocycles. The molecule has 2 fully saturated rings. The predicted octanol–water partition coefficient (Wildman–Crippen LogP) is 0.193. The summed E-state index contributed by atoms with van der Waals surface area (Å²) in [5, 5.41) is -0.996. The standard InChI is InChI=1S/C15H21NO6S3/c17-23(18)8-6-14(11-23)16(10-13-4-2-1-3-5-13)25(21,22)15-7-9-24(19,20)12-15/h1-5,14-15H,6-12H2. The molecule has 25 heavy (non-hydrogen) atoms. The van der Waals surface area contributed by atoms with Crippen LogP contribution in [0.4, 0.5) is 0 Å². The number of hydrogen-bond acceptors (Lipinski definition) is 6. The second-order valence-electron chi connectivity index (χ2n) is 6.66. The van der Waals surface area contributed by atoms with Crippen molar-refractivity contribution in [3.8, 4) is 0 Å². The minimum Gasteiger partial charge on any atom is -0.229 e. The summed E-state index contributed by atoms with van der Waals surface area (Å²) in [7, 11) is -10.5. The molecule has 2 atom stereocenters. The molecule has 3 rings (SSSR count). The normalized spacial score (nSPS) is 28.4. The first kappa shape index (κ1) is 18.8. The fourth-order valence-corrected chi connectivity index (χ4v) is 9.93. The third-order valence-electron chi connectivity index (χ3n) is 4.74. The minimum atomic E-state index is -3.91. The molecule has 2 aliphatic rings. The third-order valence-corrected chi connectivity index (χ3v) is 10.8. The molecule has 2 aliphatic heterocycles. The van der Waals surface area contributed by atoms with Gasteiger partial charge in [-0.3, -0.25) is 0 Å². The van der Waals surface area contributed by atoms with Crippen LogP contribution in [0.1, 0.15) is 18.4 Å². The second-order valence-corrected chi connectivity index (χ2v) is 13.3. The van der Waals surface area contributed by atoms with Crippen molar-refractivity contribution < 1.29 is 25.3 Å². The van der Waals surface area contributed by atoms with Crippen LogP contribution in [0.2, 0.25) is 0 Å². The lowest BCUT2D eigenvalue weighted by Crippen LogP contribution is -2.45. The Hall–Kier alpha value is -0.970. The zero-order chi connectivity index (χ0) is 18.3. The van der Waals surface area contributed by atoms with E-state index in [1.54, 1.807) is 24.3 Å². The van der Waals surface area contributed by atoms with Gasteiger partial charge in [-0.15, -0.1) is 0 Å². The summed E-state index contributed by atoms with van der Waals surface area (Å²) in [4.78, 5) is 0. The van der Waals surface area contributed by atoms with Gasteiger partial charge in [-0.05, 0) is 18.4 Å². The van der Waals surface area contributed by atoms with Crippen LogP contribution in [-0.4, -0.2) is 63.9 Å². The zero-order valence-corrected chi connectivity index (χ0v) is 16.1. The molecule has 7 nitrogen and oxygen atoms in total. The monoisotopic (exact) mass is 407 g/mol. The van der Waals surface area contributed by atoms with Gasteiger partial charge in [-0.25, -0.2) is 25.3 Å². The van der Waals surface area contributed by atoms with Gasteiger partial charge in [0.2, 0.25) is 10.0 Å². The Bertz CT molecular complexity index is 938. The minimum absolute atomic E-state index is 0.0402. The SMILES string of the molecule is O=S1(=O)CCC(N(Cc2ccccc2)S(=O)(=O)C2CCS(=O)(=O)C2)C1. The van der Waals surface area contributed by atoms with Gasteiger partial charge in [0.25, 0.3) is 0 Å². The Morgan fingerprint density at radius 3 is 2.04 bits per heavy atom. The summed E-state index contributed by atoms with van der Waals surface area (Å²) < 4.78 is 74.5. The predicted molar refractivity (Wildman–Crippen MR) is 95.0 cm³/mol. The highest BCUT2D eigenvalue weighted by Crippen LogP contribution is 2.29. The zero-order valence-electron chi connectivity index (χ0n) is 13.6. The van der Waals surface area contributed by atoms with Crippen LogP contribution in [0.5, 0.6) is 0 Å². The van der Waals surface area contributed by atoms with E-state index in [-0.39, 0.29) is 42.4 Å². The maximum absolute atomic E-state index is 13.1. The molecular weight excluding hydrogens is 386 g/mol. The summed E-state index contributed by atoms with van der Waals surface area (Å²) in [5.41, 5.74) is 0.747. The molecule has 0 saturated carbocycles. The molecule has 2 unspecified atom stereocenters. The van der Waals surface area contributed by atoms with Crippen LogP contribution in [0.3, 0.4) is 0 Å². The average Bonchev–Trinajstić information content (AvgIpc) is 3.08. The number of sulfone groups is 2. The van der Waals surface area contributed by atoms with E-state index in [0.29, 0.717) is 0 Å². The summed E-state index contributed by atoms with van der Waals surface area (Å²) >= 11 is 0. The van der Waals surface area contributed by atoms with Crippen molar-refractivity contribution in [1.29, 1.82) is 0 Å². The van der Waals surface area contributed by atoms with E-state index in [9.17, 15) is 25.3 Å². The molecule has 10 heteroatoms. The molecule has 0 spiro atoms. The molecule has 1 aromatic rings. The van der Waals surface area contributed by atoms with Crippen molar-refractivity contribution >= 4 is 29.7 Å². The van der Waals surface area contributed by atoms with Crippen LogP contribution >= 0.6 is 0 Å². The Balaban J connectivity index is 1.93. The van der Waals surface area contributed by atoms with Crippen molar-refractivity contribution in [1.82, 2.24) is 4.31 Å². The van der Waals surface area contributed by atoms with E-state index in [1.807, 2.05) is 6.07 Å². The van der Waals surface area contributed by atoms with Gasteiger partial charge in [0, 0.05) is 12.6 Å². The van der Waals surface area contributed by atoms with Crippen LogP contribution in [0.15, 0.2) is 30.3 Å². The number of hydrogen-bond donors (Lipinski definition) is 0. The second kappa shape index (κ2) is 6.64. The quantitative estimate of drug-likeness (QED) is 0.690. The fourth-order valence-electron chi connectivity index (χ4n) is 3.38. The lowest BCUT2D eigenvalue weighted by molar-refractivity contribution is 0.330. The Morgan fingerprint density at radius 2 is 1.52 bits per heavy atom. The van der Waals surface area contributed by atoms with Crippen LogP contribution in [0.25, 0.3) is 0 Å². The van der Waals surface area contributed by atoms with Crippen molar-refractivity contribution in [2.24, 2.45) is 0 Å². The van der Waals surface area contributed by atoms with Gasteiger partial charge >= 0.3 is 0 Å². The molecule has 0 aliphatic carbocycles. The van der Waals surface area contributed by atoms with E-state index in [1.165, 1.54) is 4.31 Å². The van der Waals surface area contributed by atoms with E-state index >= 15 is 0 Å². The molecule has 0 bridgehead atoms. The Morgan fingerprint density at radius 1 is 0.920 bits per heavy atom. The summed E-state index contributed by atoms with van der Waals surface area (Å²) in [6.45, 7) is 0.0555. The maximum Gasteiger partial charge on any atom is 0.218 e. The van der Waals surface area contributed by atoms with E-state index in [4.69, 9.17) is 0 Å². The molecule has 0 amide bonds. The van der Waals surface area contributed by atoms with Gasteiger partial charge in [-0.2, -0.15) is 4.31 Å². The first-order valence-electron chi connectivity index (χ1n) is 8.04. The van der Waals surface area contributed by atoms with E-state index in [0.717, 1.165) is 5.56 Å². The average molecular weight is 408 g/mol. The van der Waals surface area contributed by atoms with E-state index in [2.05, 4.69) is 0 Å². The molecule has 140 valence electrons. The first-order valence-corrected chi connectivity index (χ1v) is 13.2. The van der Waals surface area contributed by atoms with Crippen LogP contribution in [-0.2, 0) is 36.2 Å². The molecular formula is C15H21NO6S3. The van der Waals surface area contributed by atoms with Crippen LogP contribution in [0, 0.1) is 0 Å².